The Bertz CT molecular complexity index is 948. The lowest BCUT2D eigenvalue weighted by Crippen LogP contribution is -2.48. The van der Waals surface area contributed by atoms with Crippen molar-refractivity contribution in [1.29, 1.82) is 0 Å². The molecule has 31 heavy (non-hydrogen) atoms. The van der Waals surface area contributed by atoms with Gasteiger partial charge in [-0.3, -0.25) is 9.59 Å². The molecule has 0 spiro atoms. The molecule has 2 aromatic rings. The molecule has 0 radical (unpaired) electrons. The number of carbonyl (C=O) groups excluding carboxylic acids is 2. The first-order chi connectivity index (χ1) is 15.1. The lowest BCUT2D eigenvalue weighted by Gasteiger charge is -2.42. The van der Waals surface area contributed by atoms with Crippen LogP contribution in [0.4, 0.5) is 0 Å². The molecular weight excluding hydrogens is 404 g/mol. The molecule has 1 aromatic heterocycles. The van der Waals surface area contributed by atoms with Gasteiger partial charge >= 0.3 is 0 Å². The summed E-state index contributed by atoms with van der Waals surface area (Å²) in [6, 6.07) is 11.4. The van der Waals surface area contributed by atoms with Crippen molar-refractivity contribution in [2.75, 3.05) is 13.1 Å². The van der Waals surface area contributed by atoms with Crippen molar-refractivity contribution in [1.82, 2.24) is 10.2 Å². The largest absolute Gasteiger partial charge is 0.355 e. The fraction of sp³-hybridized carbons (Fsp3) is 0.462. The van der Waals surface area contributed by atoms with Gasteiger partial charge < -0.3 is 10.2 Å². The van der Waals surface area contributed by atoms with Gasteiger partial charge in [0.2, 0.25) is 5.91 Å². The van der Waals surface area contributed by atoms with E-state index in [9.17, 15) is 9.59 Å². The summed E-state index contributed by atoms with van der Waals surface area (Å²) in [6.07, 6.45) is 8.09. The fourth-order valence-electron chi connectivity index (χ4n) is 4.83. The van der Waals surface area contributed by atoms with Gasteiger partial charge in [-0.25, -0.2) is 0 Å². The zero-order valence-electron chi connectivity index (χ0n) is 18.5. The number of allylic oxidation sites excluding steroid dienone is 1. The minimum Gasteiger partial charge on any atom is -0.355 e. The van der Waals surface area contributed by atoms with Crippen LogP contribution in [0.5, 0.6) is 0 Å². The maximum absolute atomic E-state index is 13.6. The first-order valence-corrected chi connectivity index (χ1v) is 12.3. The molecule has 0 saturated carbocycles. The Morgan fingerprint density at radius 3 is 2.74 bits per heavy atom. The molecule has 4 nitrogen and oxygen atoms in total. The van der Waals surface area contributed by atoms with Crippen LogP contribution in [0.3, 0.4) is 0 Å². The summed E-state index contributed by atoms with van der Waals surface area (Å²) in [5, 5.41) is 5.23. The highest BCUT2D eigenvalue weighted by Crippen LogP contribution is 2.44. The number of fused-ring (bicyclic) bond motifs is 1. The van der Waals surface area contributed by atoms with Crippen molar-refractivity contribution in [3.63, 3.8) is 0 Å². The Kier molecular flexibility index (Phi) is 6.91. The summed E-state index contributed by atoms with van der Waals surface area (Å²) in [6.45, 7) is 5.52. The maximum atomic E-state index is 13.6. The molecule has 5 heteroatoms. The molecule has 0 unspecified atom stereocenters. The number of rotatable bonds is 7. The normalized spacial score (nSPS) is 21.1. The van der Waals surface area contributed by atoms with Gasteiger partial charge in [-0.2, -0.15) is 0 Å². The highest BCUT2D eigenvalue weighted by molar-refractivity contribution is 7.10. The van der Waals surface area contributed by atoms with E-state index in [0.717, 1.165) is 29.7 Å². The van der Waals surface area contributed by atoms with E-state index in [2.05, 4.69) is 31.3 Å². The van der Waals surface area contributed by atoms with Gasteiger partial charge in [0.05, 0.1) is 12.0 Å². The third kappa shape index (κ3) is 4.77. The molecule has 1 N–H and O–H groups in total. The second-order valence-corrected chi connectivity index (χ2v) is 10.0. The summed E-state index contributed by atoms with van der Waals surface area (Å²) in [5.41, 5.74) is 2.97. The average molecular weight is 437 g/mol. The number of nitrogens with zero attached hydrogens (tertiary/aromatic N) is 1. The second-order valence-electron chi connectivity index (χ2n) is 9.03. The van der Waals surface area contributed by atoms with Crippen molar-refractivity contribution in [2.24, 2.45) is 5.92 Å². The quantitative estimate of drug-likeness (QED) is 0.567. The molecule has 2 atom stereocenters. The van der Waals surface area contributed by atoms with E-state index in [4.69, 9.17) is 0 Å². The molecule has 0 bridgehead atoms. The minimum absolute atomic E-state index is 0.0171. The fourth-order valence-corrected chi connectivity index (χ4v) is 5.71. The molecule has 1 aromatic carbocycles. The minimum atomic E-state index is -0.397. The van der Waals surface area contributed by atoms with E-state index in [1.54, 1.807) is 11.3 Å². The van der Waals surface area contributed by atoms with E-state index in [-0.39, 0.29) is 17.9 Å². The van der Waals surface area contributed by atoms with Crippen LogP contribution in [0.25, 0.3) is 0 Å². The third-order valence-electron chi connectivity index (χ3n) is 6.25. The molecular formula is C26H32N2O2S. The molecule has 2 amide bonds. The monoisotopic (exact) mass is 436 g/mol. The highest BCUT2D eigenvalue weighted by Gasteiger charge is 2.44. The summed E-state index contributed by atoms with van der Waals surface area (Å²) >= 11 is 1.62. The van der Waals surface area contributed by atoms with Crippen molar-refractivity contribution in [3.8, 4) is 0 Å². The average Bonchev–Trinajstić information content (AvgIpc) is 3.30. The van der Waals surface area contributed by atoms with Crippen LogP contribution in [-0.4, -0.2) is 29.8 Å². The van der Waals surface area contributed by atoms with E-state index in [1.807, 2.05) is 40.6 Å². The first kappa shape index (κ1) is 21.8. The van der Waals surface area contributed by atoms with Gasteiger partial charge in [-0.1, -0.05) is 49.8 Å². The molecule has 0 fully saturated rings. The van der Waals surface area contributed by atoms with E-state index in [1.165, 1.54) is 18.4 Å². The standard InChI is InChI=1S/C26H32N2O2S/c1-18(2)17-28-24(22-13-8-16-31-22)23(20-11-6-7-12-21(20)26(28)30)25(29)27-15-14-19-9-4-3-5-10-19/h6-9,11-13,16,18,23-24H,3-5,10,14-15,17H2,1-2H3,(H,27,29)/t23-,24+/m1/s1. The van der Waals surface area contributed by atoms with Gasteiger partial charge in [-0.05, 0) is 61.1 Å². The Hall–Kier alpha value is -2.40. The molecule has 1 aliphatic carbocycles. The lowest BCUT2D eigenvalue weighted by atomic mass is 9.81. The summed E-state index contributed by atoms with van der Waals surface area (Å²) < 4.78 is 0. The number of thiophene rings is 1. The van der Waals surface area contributed by atoms with Crippen molar-refractivity contribution in [2.45, 2.75) is 57.9 Å². The Balaban J connectivity index is 1.64. The van der Waals surface area contributed by atoms with Crippen LogP contribution in [0.2, 0.25) is 0 Å². The van der Waals surface area contributed by atoms with Crippen LogP contribution < -0.4 is 5.32 Å². The Labute approximate surface area is 189 Å². The molecule has 0 saturated heterocycles. The molecule has 1 aliphatic heterocycles. The first-order valence-electron chi connectivity index (χ1n) is 11.4. The van der Waals surface area contributed by atoms with Crippen LogP contribution in [0, 0.1) is 5.92 Å². The molecule has 2 aliphatic rings. The number of carbonyl (C=O) groups is 2. The second kappa shape index (κ2) is 9.82. The van der Waals surface area contributed by atoms with Gasteiger partial charge in [-0.15, -0.1) is 11.3 Å². The highest BCUT2D eigenvalue weighted by atomic mass is 32.1. The van der Waals surface area contributed by atoms with E-state index >= 15 is 0 Å². The summed E-state index contributed by atoms with van der Waals surface area (Å²) in [7, 11) is 0. The van der Waals surface area contributed by atoms with Crippen molar-refractivity contribution in [3.05, 3.63) is 69.4 Å². The third-order valence-corrected chi connectivity index (χ3v) is 7.19. The SMILES string of the molecule is CC(C)CN1C(=O)c2ccccc2[C@@H](C(=O)NCCC2=CCCCC2)[C@@H]1c1cccs1. The van der Waals surface area contributed by atoms with Gasteiger partial charge in [0, 0.05) is 23.5 Å². The maximum Gasteiger partial charge on any atom is 0.254 e. The van der Waals surface area contributed by atoms with Crippen LogP contribution in [0.15, 0.2) is 53.4 Å². The van der Waals surface area contributed by atoms with Gasteiger partial charge in [0.1, 0.15) is 0 Å². The lowest BCUT2D eigenvalue weighted by molar-refractivity contribution is -0.124. The van der Waals surface area contributed by atoms with E-state index < -0.39 is 5.92 Å². The number of amides is 2. The predicted molar refractivity (Wildman–Crippen MR) is 126 cm³/mol. The molecule has 2 heterocycles. The van der Waals surface area contributed by atoms with Crippen LogP contribution >= 0.6 is 11.3 Å². The summed E-state index contributed by atoms with van der Waals surface area (Å²) in [4.78, 5) is 30.0. The molecule has 4 rings (SSSR count). The van der Waals surface area contributed by atoms with E-state index in [0.29, 0.717) is 24.6 Å². The van der Waals surface area contributed by atoms with Crippen molar-refractivity contribution < 1.29 is 9.59 Å². The number of hydrogen-bond donors (Lipinski definition) is 1. The number of benzene rings is 1. The molecule has 164 valence electrons. The van der Waals surface area contributed by atoms with Gasteiger partial charge in [0.15, 0.2) is 0 Å². The van der Waals surface area contributed by atoms with Crippen LogP contribution in [-0.2, 0) is 4.79 Å². The summed E-state index contributed by atoms with van der Waals surface area (Å²) in [5.74, 6) is -0.0344. The van der Waals surface area contributed by atoms with Crippen LogP contribution in [0.1, 0.15) is 78.7 Å². The van der Waals surface area contributed by atoms with Crippen molar-refractivity contribution >= 4 is 23.2 Å². The predicted octanol–water partition coefficient (Wildman–Crippen LogP) is 5.69. The topological polar surface area (TPSA) is 49.4 Å². The smallest absolute Gasteiger partial charge is 0.254 e. The Morgan fingerprint density at radius 1 is 1.19 bits per heavy atom. The zero-order valence-corrected chi connectivity index (χ0v) is 19.3. The number of nitrogens with one attached hydrogen (secondary N) is 1. The Morgan fingerprint density at radius 2 is 2.03 bits per heavy atom. The van der Waals surface area contributed by atoms with Gasteiger partial charge in [0.25, 0.3) is 5.91 Å². The zero-order chi connectivity index (χ0) is 21.8. The number of hydrogen-bond acceptors (Lipinski definition) is 3.